The van der Waals surface area contributed by atoms with Crippen molar-refractivity contribution < 1.29 is 38.4 Å². The van der Waals surface area contributed by atoms with Crippen molar-refractivity contribution in [3.63, 3.8) is 0 Å². The predicted molar refractivity (Wildman–Crippen MR) is 187 cm³/mol. The third-order valence-electron chi connectivity index (χ3n) is 13.5. The van der Waals surface area contributed by atoms with E-state index in [1.807, 2.05) is 0 Å². The fourth-order valence-electron chi connectivity index (χ4n) is 11.3. The summed E-state index contributed by atoms with van der Waals surface area (Å²) in [5.41, 5.74) is 8.93. The second kappa shape index (κ2) is 8.96. The van der Waals surface area contributed by atoms with Crippen LogP contribution in [0.5, 0.6) is 0 Å². The molecule has 0 radical (unpaired) electrons. The molecule has 2 fully saturated rings. The van der Waals surface area contributed by atoms with E-state index in [1.165, 1.54) is 0 Å². The Labute approximate surface area is 302 Å². The smallest absolute Gasteiger partial charge is 0.210 e. The molecule has 12 heteroatoms. The number of carbonyl (C=O) groups excluding carboxylic acids is 8. The van der Waals surface area contributed by atoms with Crippen molar-refractivity contribution >= 4 is 90.6 Å². The first-order valence-electron chi connectivity index (χ1n) is 18.1. The number of aromatic nitrogens is 4. The molecule has 54 heavy (non-hydrogen) atoms. The van der Waals surface area contributed by atoms with E-state index in [-0.39, 0.29) is 0 Å². The SMILES string of the molecule is O=C1C(=O)C2C=CC1C1=C2c2cc3[nH]c(cc4nc(cc5[nH]c(cc1n2)c1c5C2C=CC1C(=O)C2=O)C1=C4C2CC1C(=O)C2=O)c1c3C2CC1C(=O)C2=O. The third kappa shape index (κ3) is 3.05. The van der Waals surface area contributed by atoms with Gasteiger partial charge in [-0.2, -0.15) is 0 Å². The number of carbonyl (C=O) groups is 8. The molecule has 2 saturated carbocycles. The van der Waals surface area contributed by atoms with Gasteiger partial charge in [0.1, 0.15) is 0 Å². The number of nitrogens with one attached hydrogen (secondary N) is 2. The fraction of sp³-hybridized carbons (Fsp3) is 0.238. The van der Waals surface area contributed by atoms with E-state index >= 15 is 0 Å². The van der Waals surface area contributed by atoms with E-state index in [0.717, 1.165) is 0 Å². The van der Waals surface area contributed by atoms with Crippen LogP contribution in [0.15, 0.2) is 48.6 Å². The lowest BCUT2D eigenvalue weighted by Crippen LogP contribution is -2.37. The molecule has 16 bridgehead atoms. The van der Waals surface area contributed by atoms with Crippen LogP contribution in [0.25, 0.3) is 44.4 Å². The molecule has 8 unspecified atom stereocenters. The van der Waals surface area contributed by atoms with Crippen molar-refractivity contribution in [3.05, 3.63) is 93.6 Å². The van der Waals surface area contributed by atoms with Crippen LogP contribution >= 0.6 is 0 Å². The standard InChI is InChI=1S/C42H22N4O8/c47-35-11-1-3-13(37(35)49)29-21-8-23-31-15-5-17(41(53)39(15)51)33(31)25(45-23)10-26-34-18-6-16(40(52)42(18)54)32(34)24(46-26)9-22-30-14-4-2-12(36(48)38(14)50)28(30)20(44-22)7-19(43-21)27(11)29/h1-4,7-18,43,46H,5-6H2. The Balaban J connectivity index is 1.20. The molecule has 15 rings (SSSR count). The van der Waals surface area contributed by atoms with E-state index in [9.17, 15) is 38.4 Å². The minimum Gasteiger partial charge on any atom is -0.355 e. The number of hydrogen-bond donors (Lipinski definition) is 2. The van der Waals surface area contributed by atoms with Crippen LogP contribution in [0, 0.1) is 23.7 Å². The topological polar surface area (TPSA) is 194 Å². The van der Waals surface area contributed by atoms with Crippen molar-refractivity contribution in [2.24, 2.45) is 23.7 Å². The number of ketones is 8. The van der Waals surface area contributed by atoms with Crippen LogP contribution < -0.4 is 0 Å². The van der Waals surface area contributed by atoms with Gasteiger partial charge in [0.05, 0.1) is 70.1 Å². The molecule has 0 saturated heterocycles. The monoisotopic (exact) mass is 710 g/mol. The van der Waals surface area contributed by atoms with Gasteiger partial charge in [0, 0.05) is 22.1 Å². The Kier molecular flexibility index (Phi) is 4.81. The van der Waals surface area contributed by atoms with E-state index in [0.29, 0.717) is 102 Å². The van der Waals surface area contributed by atoms with E-state index in [2.05, 4.69) is 9.97 Å². The molecule has 10 aliphatic carbocycles. The average Bonchev–Trinajstić information content (AvgIpc) is 4.03. The molecule has 3 aromatic heterocycles. The summed E-state index contributed by atoms with van der Waals surface area (Å²) < 4.78 is 0. The molecule has 258 valence electrons. The van der Waals surface area contributed by atoms with Gasteiger partial charge in [-0.15, -0.1) is 0 Å². The molecule has 0 aromatic carbocycles. The maximum Gasteiger partial charge on any atom is 0.210 e. The first-order valence-corrected chi connectivity index (χ1v) is 18.1. The average molecular weight is 711 g/mol. The second-order valence-electron chi connectivity index (χ2n) is 15.8. The summed E-state index contributed by atoms with van der Waals surface area (Å²) in [7, 11) is 0. The first-order chi connectivity index (χ1) is 26.1. The van der Waals surface area contributed by atoms with Crippen molar-refractivity contribution in [3.8, 4) is 0 Å². The molecular formula is C42H22N4O8. The van der Waals surface area contributed by atoms with E-state index in [4.69, 9.17) is 9.97 Å². The van der Waals surface area contributed by atoms with Gasteiger partial charge in [-0.25, -0.2) is 9.97 Å². The predicted octanol–water partition coefficient (Wildman–Crippen LogP) is 3.49. The minimum atomic E-state index is -0.866. The number of allylic oxidation sites excluding steroid dienone is 8. The lowest BCUT2D eigenvalue weighted by molar-refractivity contribution is -0.138. The van der Waals surface area contributed by atoms with Gasteiger partial charge in [0.25, 0.3) is 0 Å². The summed E-state index contributed by atoms with van der Waals surface area (Å²) in [4.78, 5) is 123. The highest BCUT2D eigenvalue weighted by molar-refractivity contribution is 6.49. The molecule has 0 amide bonds. The van der Waals surface area contributed by atoms with Crippen LogP contribution in [0.3, 0.4) is 0 Å². The highest BCUT2D eigenvalue weighted by atomic mass is 16.2. The van der Waals surface area contributed by atoms with Gasteiger partial charge in [-0.3, -0.25) is 38.4 Å². The Bertz CT molecular complexity index is 3000. The maximum absolute atomic E-state index is 13.3. The quantitative estimate of drug-likeness (QED) is 0.258. The molecule has 5 heterocycles. The van der Waals surface area contributed by atoms with Gasteiger partial charge >= 0.3 is 0 Å². The zero-order valence-corrected chi connectivity index (χ0v) is 27.8. The highest BCUT2D eigenvalue weighted by Crippen LogP contribution is 2.57. The number of H-pyrrole nitrogens is 2. The van der Waals surface area contributed by atoms with Crippen molar-refractivity contribution in [2.45, 2.75) is 36.5 Å². The van der Waals surface area contributed by atoms with Gasteiger partial charge < -0.3 is 9.97 Å². The Morgan fingerprint density at radius 1 is 0.370 bits per heavy atom. The fourth-order valence-corrected chi connectivity index (χ4v) is 11.3. The molecule has 8 atom stereocenters. The normalized spacial score (nSPS) is 31.6. The van der Waals surface area contributed by atoms with Gasteiger partial charge in [-0.1, -0.05) is 24.3 Å². The zero-order valence-electron chi connectivity index (χ0n) is 27.8. The first kappa shape index (κ1) is 29.0. The summed E-state index contributed by atoms with van der Waals surface area (Å²) in [5.74, 6) is -10.1. The number of nitrogens with zero attached hydrogens (tertiary/aromatic N) is 2. The molecule has 2 aliphatic heterocycles. The molecule has 2 N–H and O–H groups in total. The third-order valence-corrected chi connectivity index (χ3v) is 13.5. The van der Waals surface area contributed by atoms with Crippen LogP contribution in [0.4, 0.5) is 0 Å². The zero-order chi connectivity index (χ0) is 36.4. The number of hydrogen-bond acceptors (Lipinski definition) is 10. The lowest BCUT2D eigenvalue weighted by atomic mass is 9.69. The number of fused-ring (bicyclic) bond motifs is 23. The summed E-state index contributed by atoms with van der Waals surface area (Å²) in [6, 6.07) is 7.10. The van der Waals surface area contributed by atoms with Crippen LogP contribution in [-0.2, 0) is 38.4 Å². The number of Topliss-reactive ketones (excluding diaryl/α,β-unsaturated/α-hetero) is 8. The van der Waals surface area contributed by atoms with Crippen LogP contribution in [0.2, 0.25) is 0 Å². The minimum absolute atomic E-state index is 0.331. The molecular weight excluding hydrogens is 688 g/mol. The van der Waals surface area contributed by atoms with Crippen molar-refractivity contribution in [2.75, 3.05) is 0 Å². The number of aromatic amines is 2. The van der Waals surface area contributed by atoms with Crippen molar-refractivity contribution in [1.29, 1.82) is 0 Å². The Morgan fingerprint density at radius 2 is 0.685 bits per heavy atom. The largest absolute Gasteiger partial charge is 0.355 e. The van der Waals surface area contributed by atoms with Crippen LogP contribution in [0.1, 0.15) is 81.5 Å². The maximum atomic E-state index is 13.3. The van der Waals surface area contributed by atoms with Crippen molar-refractivity contribution in [1.82, 2.24) is 19.9 Å². The van der Waals surface area contributed by atoms with E-state index in [1.54, 1.807) is 48.6 Å². The summed E-state index contributed by atoms with van der Waals surface area (Å²) >= 11 is 0. The summed E-state index contributed by atoms with van der Waals surface area (Å²) in [5, 5.41) is 0. The summed E-state index contributed by atoms with van der Waals surface area (Å²) in [6.07, 6.45) is 7.57. The highest BCUT2D eigenvalue weighted by Gasteiger charge is 2.56. The van der Waals surface area contributed by atoms with E-state index < -0.39 is 93.6 Å². The van der Waals surface area contributed by atoms with Gasteiger partial charge in [-0.05, 0) is 81.7 Å². The van der Waals surface area contributed by atoms with Gasteiger partial charge in [0.15, 0.2) is 0 Å². The summed E-state index contributed by atoms with van der Waals surface area (Å²) in [6.45, 7) is 0. The molecule has 3 aromatic rings. The van der Waals surface area contributed by atoms with Crippen LogP contribution in [-0.4, -0.2) is 66.2 Å². The lowest BCUT2D eigenvalue weighted by Gasteiger charge is -2.30. The Hall–Kier alpha value is -6.56. The second-order valence-corrected chi connectivity index (χ2v) is 15.8. The molecule has 0 spiro atoms. The molecule has 12 nitrogen and oxygen atoms in total. The Morgan fingerprint density at radius 3 is 1.11 bits per heavy atom. The molecule has 12 aliphatic rings. The number of rotatable bonds is 0. The van der Waals surface area contributed by atoms with Gasteiger partial charge in [0.2, 0.25) is 46.3 Å².